The Morgan fingerprint density at radius 1 is 0.698 bits per heavy atom. The fraction of sp³-hybridized carbons (Fsp3) is 0.381. The zero-order valence-corrected chi connectivity index (χ0v) is 48.4. The molecule has 11 rings (SSSR count). The number of hydrogen-bond donors (Lipinski definition) is 6. The van der Waals surface area contributed by atoms with Crippen LogP contribution in [0.3, 0.4) is 0 Å². The summed E-state index contributed by atoms with van der Waals surface area (Å²) in [7, 11) is -4.08. The molecular formula is C63H71F3N12O7S. The van der Waals surface area contributed by atoms with Crippen molar-refractivity contribution in [2.75, 3.05) is 105 Å². The first-order chi connectivity index (χ1) is 41.6. The molecule has 3 fully saturated rings. The van der Waals surface area contributed by atoms with Crippen LogP contribution in [0.15, 0.2) is 139 Å². The fourth-order valence-corrected chi connectivity index (χ4v) is 13.3. The number of carbonyl (C=O) groups is 1. The van der Waals surface area contributed by atoms with Crippen LogP contribution in [0.4, 0.5) is 42.3 Å². The SMILES string of the molecule is Nc1cccc2c(S(=O)(=O)Nc3cccc(-c4cnc(NCCOCCOCCN5CCN(Cc6ccc(-c7cn(C8CCC(O)CC8)c8nc(NCCC(F)(F)F)ncc78)cc6)CC5)nc4N4CCC(c5ccccc5)C4C(=O)O)c3)cccc12. The zero-order chi connectivity index (χ0) is 59.8. The highest BCUT2D eigenvalue weighted by atomic mass is 32.2. The Balaban J connectivity index is 0.648. The minimum absolute atomic E-state index is 0.0800. The number of benzene rings is 5. The van der Waals surface area contributed by atoms with E-state index in [0.29, 0.717) is 104 Å². The van der Waals surface area contributed by atoms with Gasteiger partial charge in [0.2, 0.25) is 11.9 Å². The van der Waals surface area contributed by atoms with Crippen LogP contribution >= 0.6 is 0 Å². The number of halogens is 3. The predicted molar refractivity (Wildman–Crippen MR) is 327 cm³/mol. The Kier molecular flexibility index (Phi) is 18.6. The van der Waals surface area contributed by atoms with E-state index in [-0.39, 0.29) is 41.4 Å². The van der Waals surface area contributed by atoms with Crippen molar-refractivity contribution in [3.63, 3.8) is 0 Å². The quantitative estimate of drug-likeness (QED) is 0.0244. The van der Waals surface area contributed by atoms with E-state index >= 15 is 0 Å². The van der Waals surface area contributed by atoms with E-state index in [2.05, 4.69) is 70.2 Å². The number of nitrogens with one attached hydrogen (secondary N) is 3. The number of nitrogens with zero attached hydrogens (tertiary/aromatic N) is 8. The normalized spacial score (nSPS) is 18.9. The summed E-state index contributed by atoms with van der Waals surface area (Å²) < 4.78 is 83.2. The number of fused-ring (bicyclic) bond motifs is 2. The van der Waals surface area contributed by atoms with Crippen molar-refractivity contribution in [3.8, 4) is 22.3 Å². The number of aliphatic hydroxyl groups is 1. The van der Waals surface area contributed by atoms with Gasteiger partial charge in [0.25, 0.3) is 10.0 Å². The molecule has 452 valence electrons. The third-order valence-corrected chi connectivity index (χ3v) is 17.9. The first-order valence-corrected chi connectivity index (χ1v) is 30.7. The van der Waals surface area contributed by atoms with E-state index in [1.807, 2.05) is 36.4 Å². The maximum Gasteiger partial charge on any atom is 0.390 e. The number of aliphatic carboxylic acids is 1. The molecule has 1 saturated carbocycles. The Morgan fingerprint density at radius 3 is 2.16 bits per heavy atom. The molecule has 19 nitrogen and oxygen atoms in total. The van der Waals surface area contributed by atoms with Gasteiger partial charge in [0.15, 0.2) is 0 Å². The van der Waals surface area contributed by atoms with Gasteiger partial charge in [-0.15, -0.1) is 0 Å². The molecule has 8 aromatic rings. The maximum atomic E-state index is 13.9. The van der Waals surface area contributed by atoms with E-state index in [9.17, 15) is 36.6 Å². The molecule has 0 spiro atoms. The number of piperazine rings is 1. The average Bonchev–Trinajstić information content (AvgIpc) is 2.67. The van der Waals surface area contributed by atoms with E-state index < -0.39 is 34.6 Å². The van der Waals surface area contributed by atoms with Crippen LogP contribution in [0.25, 0.3) is 44.1 Å². The number of sulfonamides is 1. The van der Waals surface area contributed by atoms with Crippen LogP contribution in [0, 0.1) is 0 Å². The van der Waals surface area contributed by atoms with Gasteiger partial charge < -0.3 is 45.5 Å². The minimum Gasteiger partial charge on any atom is -0.480 e. The van der Waals surface area contributed by atoms with Crippen LogP contribution in [-0.4, -0.2) is 156 Å². The van der Waals surface area contributed by atoms with Crippen LogP contribution < -0.4 is 26.0 Å². The fourth-order valence-electron chi connectivity index (χ4n) is 12.0. The lowest BCUT2D eigenvalue weighted by Crippen LogP contribution is -2.46. The number of nitrogen functional groups attached to an aromatic ring is 1. The van der Waals surface area contributed by atoms with Gasteiger partial charge in [-0.05, 0) is 78.6 Å². The molecule has 5 aromatic carbocycles. The number of carboxylic acid groups (broad SMARTS) is 1. The van der Waals surface area contributed by atoms with Gasteiger partial charge in [-0.2, -0.15) is 23.1 Å². The second-order valence-electron chi connectivity index (χ2n) is 22.2. The largest absolute Gasteiger partial charge is 0.480 e. The van der Waals surface area contributed by atoms with Crippen molar-refractivity contribution in [2.24, 2.45) is 0 Å². The molecular weight excluding hydrogens is 1130 g/mol. The summed E-state index contributed by atoms with van der Waals surface area (Å²) in [4.78, 5) is 38.5. The summed E-state index contributed by atoms with van der Waals surface area (Å²) >= 11 is 0. The molecule has 86 heavy (non-hydrogen) atoms. The second-order valence-corrected chi connectivity index (χ2v) is 23.9. The third-order valence-electron chi connectivity index (χ3n) is 16.5. The van der Waals surface area contributed by atoms with Gasteiger partial charge in [-0.25, -0.2) is 23.2 Å². The number of aliphatic hydroxyl groups excluding tert-OH is 1. The van der Waals surface area contributed by atoms with Crippen molar-refractivity contribution < 1.29 is 46.1 Å². The number of anilines is 5. The highest BCUT2D eigenvalue weighted by Gasteiger charge is 2.42. The summed E-state index contributed by atoms with van der Waals surface area (Å²) in [5.41, 5.74) is 12.8. The minimum atomic E-state index is -4.28. The topological polar surface area (TPSA) is 238 Å². The second kappa shape index (κ2) is 26.8. The molecule has 3 aromatic heterocycles. The summed E-state index contributed by atoms with van der Waals surface area (Å²) in [6, 6.07) is 34.3. The van der Waals surface area contributed by atoms with Gasteiger partial charge in [0.1, 0.15) is 17.5 Å². The van der Waals surface area contributed by atoms with Gasteiger partial charge in [0, 0.05) is 128 Å². The summed E-state index contributed by atoms with van der Waals surface area (Å²) in [5.74, 6) is -0.459. The van der Waals surface area contributed by atoms with Crippen LogP contribution in [0.1, 0.15) is 61.6 Å². The first kappa shape index (κ1) is 59.8. The van der Waals surface area contributed by atoms with Gasteiger partial charge in [0.05, 0.1) is 43.8 Å². The number of aromatic nitrogens is 5. The van der Waals surface area contributed by atoms with Gasteiger partial charge >= 0.3 is 12.1 Å². The van der Waals surface area contributed by atoms with Crippen LogP contribution in [0.2, 0.25) is 0 Å². The summed E-state index contributed by atoms with van der Waals surface area (Å²) in [5, 5.41) is 28.9. The molecule has 1 aliphatic carbocycles. The monoisotopic (exact) mass is 1200 g/mol. The summed E-state index contributed by atoms with van der Waals surface area (Å²) in [6.07, 6.45) is 3.28. The predicted octanol–water partition coefficient (Wildman–Crippen LogP) is 9.64. The van der Waals surface area contributed by atoms with Crippen molar-refractivity contribution in [2.45, 2.75) is 80.2 Å². The van der Waals surface area contributed by atoms with E-state index in [0.717, 1.165) is 74.2 Å². The van der Waals surface area contributed by atoms with Crippen LogP contribution in [0.5, 0.6) is 0 Å². The van der Waals surface area contributed by atoms with Crippen molar-refractivity contribution in [1.82, 2.24) is 34.3 Å². The van der Waals surface area contributed by atoms with E-state index in [4.69, 9.17) is 25.2 Å². The molecule has 5 heterocycles. The first-order valence-electron chi connectivity index (χ1n) is 29.3. The highest BCUT2D eigenvalue weighted by molar-refractivity contribution is 7.93. The molecule has 0 radical (unpaired) electrons. The number of hydrogen-bond acceptors (Lipinski definition) is 16. The third kappa shape index (κ3) is 14.3. The Hall–Kier alpha value is -7.93. The Morgan fingerprint density at radius 2 is 1.40 bits per heavy atom. The number of nitrogens with two attached hydrogens (primary N) is 1. The van der Waals surface area contributed by atoms with Crippen molar-refractivity contribution in [3.05, 3.63) is 145 Å². The van der Waals surface area contributed by atoms with Crippen molar-refractivity contribution in [1.29, 1.82) is 0 Å². The number of carboxylic acids is 1. The smallest absolute Gasteiger partial charge is 0.390 e. The molecule has 2 atom stereocenters. The lowest BCUT2D eigenvalue weighted by atomic mass is 9.91. The van der Waals surface area contributed by atoms with Gasteiger partial charge in [-0.1, -0.05) is 91.0 Å². The zero-order valence-electron chi connectivity index (χ0n) is 47.6. The molecule has 3 aliphatic rings. The summed E-state index contributed by atoms with van der Waals surface area (Å²) in [6.45, 7) is 7.45. The molecule has 2 unspecified atom stereocenters. The Bertz CT molecular complexity index is 3730. The molecule has 2 aliphatic heterocycles. The average molecular weight is 1200 g/mol. The molecule has 2 saturated heterocycles. The number of rotatable bonds is 24. The molecule has 0 amide bonds. The van der Waals surface area contributed by atoms with Crippen molar-refractivity contribution >= 4 is 66.9 Å². The van der Waals surface area contributed by atoms with E-state index in [1.165, 1.54) is 11.6 Å². The number of ether oxygens (including phenoxy) is 2. The highest BCUT2D eigenvalue weighted by Crippen LogP contribution is 2.42. The lowest BCUT2D eigenvalue weighted by molar-refractivity contribution is -0.138. The molecule has 23 heteroatoms. The van der Waals surface area contributed by atoms with E-state index in [1.54, 1.807) is 65.8 Å². The standard InChI is InChI=1S/C63H71F3N12O7S/c64-63(65,66)24-25-68-61-71-39-53-54(41-78(59(53)73-61)47-19-21-48(79)22-20-47)44-17-15-42(16-18-44)40-76-30-28-75(29-31-76)32-34-85-36-35-84-33-26-69-62-70-38-52(58(72-62)77-27-23-49(57(77)60(80)81)43-7-2-1-3-8-43)45-9-4-10-46(37-45)74-86(82,83)56-14-6-11-50-51(56)12-5-13-55(50)67/h1-18,37-39,41,47-49,57,74,79H,19-36,40,67H2,(H,80,81)(H,68,71,73)(H,69,70,72). The Labute approximate surface area is 497 Å². The molecule has 0 bridgehead atoms. The lowest BCUT2D eigenvalue weighted by Gasteiger charge is -2.34. The van der Waals surface area contributed by atoms with Gasteiger partial charge in [-0.3, -0.25) is 14.5 Å². The molecule has 7 N–H and O–H groups in total. The number of alkyl halides is 3. The van der Waals surface area contributed by atoms with Crippen LogP contribution in [-0.2, 0) is 30.8 Å². The maximum absolute atomic E-state index is 13.9.